The van der Waals surface area contributed by atoms with Crippen LogP contribution in [0.3, 0.4) is 0 Å². The summed E-state index contributed by atoms with van der Waals surface area (Å²) in [7, 11) is 0. The van der Waals surface area contributed by atoms with Crippen molar-refractivity contribution >= 4 is 28.8 Å². The van der Waals surface area contributed by atoms with Gasteiger partial charge in [0.1, 0.15) is 0 Å². The van der Waals surface area contributed by atoms with Crippen LogP contribution >= 0.6 is 23.2 Å². The maximum atomic E-state index is 6.09. The SMILES string of the molecule is Cc1cnc(Cl)nc1-c1cnc2c(Cl)cccn12. The van der Waals surface area contributed by atoms with Crippen LogP contribution in [-0.4, -0.2) is 19.4 Å². The first-order valence-electron chi connectivity index (χ1n) is 5.28. The summed E-state index contributed by atoms with van der Waals surface area (Å²) in [4.78, 5) is 12.5. The normalized spacial score (nSPS) is 11.1. The van der Waals surface area contributed by atoms with Gasteiger partial charge in [0.15, 0.2) is 5.65 Å². The minimum atomic E-state index is 0.215. The molecule has 0 aromatic carbocycles. The number of aryl methyl sites for hydroxylation is 1. The van der Waals surface area contributed by atoms with Crippen LogP contribution in [-0.2, 0) is 0 Å². The van der Waals surface area contributed by atoms with E-state index >= 15 is 0 Å². The van der Waals surface area contributed by atoms with Crippen molar-refractivity contribution in [2.75, 3.05) is 0 Å². The monoisotopic (exact) mass is 278 g/mol. The molecule has 3 heterocycles. The second kappa shape index (κ2) is 4.23. The van der Waals surface area contributed by atoms with Crippen LogP contribution in [0.2, 0.25) is 10.3 Å². The molecule has 6 heteroatoms. The molecule has 18 heavy (non-hydrogen) atoms. The zero-order valence-corrected chi connectivity index (χ0v) is 10.9. The van der Waals surface area contributed by atoms with Gasteiger partial charge in [-0.25, -0.2) is 15.0 Å². The Balaban J connectivity index is 2.32. The highest BCUT2D eigenvalue weighted by molar-refractivity contribution is 6.33. The minimum Gasteiger partial charge on any atom is -0.297 e. The van der Waals surface area contributed by atoms with Crippen LogP contribution in [0, 0.1) is 6.92 Å². The number of hydrogen-bond acceptors (Lipinski definition) is 3. The van der Waals surface area contributed by atoms with Crippen LogP contribution < -0.4 is 0 Å². The largest absolute Gasteiger partial charge is 0.297 e. The molecule has 0 saturated heterocycles. The third-order valence-electron chi connectivity index (χ3n) is 2.67. The lowest BCUT2D eigenvalue weighted by molar-refractivity contribution is 1.10. The van der Waals surface area contributed by atoms with Crippen molar-refractivity contribution in [1.82, 2.24) is 19.4 Å². The lowest BCUT2D eigenvalue weighted by Gasteiger charge is -2.04. The lowest BCUT2D eigenvalue weighted by atomic mass is 10.2. The molecule has 0 saturated carbocycles. The highest BCUT2D eigenvalue weighted by Gasteiger charge is 2.12. The number of fused-ring (bicyclic) bond motifs is 1. The Hall–Kier alpha value is -1.65. The number of imidazole rings is 1. The van der Waals surface area contributed by atoms with Crippen molar-refractivity contribution in [3.05, 3.63) is 46.6 Å². The van der Waals surface area contributed by atoms with Crippen LogP contribution in [0.4, 0.5) is 0 Å². The highest BCUT2D eigenvalue weighted by Crippen LogP contribution is 2.25. The van der Waals surface area contributed by atoms with E-state index in [4.69, 9.17) is 23.2 Å². The van der Waals surface area contributed by atoms with E-state index in [1.165, 1.54) is 0 Å². The quantitative estimate of drug-likeness (QED) is 0.641. The molecule has 90 valence electrons. The van der Waals surface area contributed by atoms with Crippen molar-refractivity contribution in [3.63, 3.8) is 0 Å². The average Bonchev–Trinajstić information content (AvgIpc) is 2.77. The Morgan fingerprint density at radius 3 is 2.83 bits per heavy atom. The van der Waals surface area contributed by atoms with E-state index in [1.807, 2.05) is 23.6 Å². The third-order valence-corrected chi connectivity index (χ3v) is 3.15. The van der Waals surface area contributed by atoms with Gasteiger partial charge in [-0.3, -0.25) is 4.40 Å². The van der Waals surface area contributed by atoms with E-state index in [2.05, 4.69) is 15.0 Å². The fourth-order valence-corrected chi connectivity index (χ4v) is 2.18. The van der Waals surface area contributed by atoms with Crippen molar-refractivity contribution in [2.24, 2.45) is 0 Å². The first kappa shape index (κ1) is 11.4. The summed E-state index contributed by atoms with van der Waals surface area (Å²) in [6.45, 7) is 1.93. The van der Waals surface area contributed by atoms with E-state index in [9.17, 15) is 0 Å². The van der Waals surface area contributed by atoms with Gasteiger partial charge in [-0.05, 0) is 36.2 Å². The van der Waals surface area contributed by atoms with Gasteiger partial charge in [-0.1, -0.05) is 11.6 Å². The highest BCUT2D eigenvalue weighted by atomic mass is 35.5. The van der Waals surface area contributed by atoms with Gasteiger partial charge in [-0.2, -0.15) is 0 Å². The molecule has 0 aliphatic carbocycles. The van der Waals surface area contributed by atoms with Gasteiger partial charge >= 0.3 is 0 Å². The summed E-state index contributed by atoms with van der Waals surface area (Å²) < 4.78 is 1.88. The van der Waals surface area contributed by atoms with Gasteiger partial charge in [-0.15, -0.1) is 0 Å². The number of nitrogens with zero attached hydrogens (tertiary/aromatic N) is 4. The molecule has 0 N–H and O–H groups in total. The average molecular weight is 279 g/mol. The summed E-state index contributed by atoms with van der Waals surface area (Å²) in [5.74, 6) is 0. The Kier molecular flexibility index (Phi) is 2.69. The Bertz CT molecular complexity index is 736. The number of hydrogen-bond donors (Lipinski definition) is 0. The van der Waals surface area contributed by atoms with Crippen LogP contribution in [0.15, 0.2) is 30.7 Å². The molecule has 3 aromatic heterocycles. The molecule has 0 unspecified atom stereocenters. The van der Waals surface area contributed by atoms with Crippen molar-refractivity contribution in [3.8, 4) is 11.4 Å². The maximum absolute atomic E-state index is 6.09. The first-order chi connectivity index (χ1) is 8.66. The molecule has 0 bridgehead atoms. The fourth-order valence-electron chi connectivity index (χ4n) is 1.83. The van der Waals surface area contributed by atoms with Gasteiger partial charge in [0, 0.05) is 12.4 Å². The predicted octanol–water partition coefficient (Wildman–Crippen LogP) is 3.41. The molecular formula is C12H8Cl2N4. The molecule has 4 nitrogen and oxygen atoms in total. The van der Waals surface area contributed by atoms with Crippen molar-refractivity contribution in [2.45, 2.75) is 6.92 Å². The van der Waals surface area contributed by atoms with E-state index in [0.717, 1.165) is 17.0 Å². The van der Waals surface area contributed by atoms with Gasteiger partial charge in [0.2, 0.25) is 5.28 Å². The molecule has 0 atom stereocenters. The second-order valence-electron chi connectivity index (χ2n) is 3.86. The van der Waals surface area contributed by atoms with Crippen molar-refractivity contribution < 1.29 is 0 Å². The van der Waals surface area contributed by atoms with E-state index in [-0.39, 0.29) is 5.28 Å². The summed E-state index contributed by atoms with van der Waals surface area (Å²) in [6.07, 6.45) is 5.31. The van der Waals surface area contributed by atoms with E-state index in [1.54, 1.807) is 18.5 Å². The van der Waals surface area contributed by atoms with Crippen LogP contribution in [0.1, 0.15) is 5.56 Å². The minimum absolute atomic E-state index is 0.215. The van der Waals surface area contributed by atoms with Gasteiger partial charge < -0.3 is 0 Å². The number of rotatable bonds is 1. The van der Waals surface area contributed by atoms with E-state index in [0.29, 0.717) is 10.7 Å². The standard InChI is InChI=1S/C12H8Cl2N4/c1-7-5-16-12(14)17-10(7)9-6-15-11-8(13)3-2-4-18(9)11/h2-6H,1H3. The Morgan fingerprint density at radius 2 is 2.00 bits per heavy atom. The number of pyridine rings is 1. The maximum Gasteiger partial charge on any atom is 0.222 e. The zero-order chi connectivity index (χ0) is 12.7. The molecule has 0 fully saturated rings. The molecule has 0 aliphatic heterocycles. The zero-order valence-electron chi connectivity index (χ0n) is 9.43. The fraction of sp³-hybridized carbons (Fsp3) is 0.0833. The molecule has 0 radical (unpaired) electrons. The smallest absolute Gasteiger partial charge is 0.222 e. The van der Waals surface area contributed by atoms with Gasteiger partial charge in [0.25, 0.3) is 0 Å². The first-order valence-corrected chi connectivity index (χ1v) is 6.03. The van der Waals surface area contributed by atoms with E-state index < -0.39 is 0 Å². The summed E-state index contributed by atoms with van der Waals surface area (Å²) >= 11 is 11.9. The number of halogens is 2. The molecule has 3 aromatic rings. The molecular weight excluding hydrogens is 271 g/mol. The Morgan fingerprint density at radius 1 is 1.17 bits per heavy atom. The summed E-state index contributed by atoms with van der Waals surface area (Å²) in [5, 5.41) is 0.814. The number of aromatic nitrogens is 4. The molecule has 0 spiro atoms. The molecule has 0 amide bonds. The summed E-state index contributed by atoms with van der Waals surface area (Å²) in [6, 6.07) is 3.66. The van der Waals surface area contributed by atoms with Crippen LogP contribution in [0.25, 0.3) is 17.0 Å². The Labute approximate surface area is 113 Å². The molecule has 3 rings (SSSR count). The van der Waals surface area contributed by atoms with Crippen molar-refractivity contribution in [1.29, 1.82) is 0 Å². The topological polar surface area (TPSA) is 43.1 Å². The summed E-state index contributed by atoms with van der Waals surface area (Å²) in [5.41, 5.74) is 3.23. The molecule has 0 aliphatic rings. The predicted molar refractivity (Wildman–Crippen MR) is 71.0 cm³/mol. The second-order valence-corrected chi connectivity index (χ2v) is 4.61. The van der Waals surface area contributed by atoms with Gasteiger partial charge in [0.05, 0.1) is 22.6 Å². The third kappa shape index (κ3) is 1.74. The van der Waals surface area contributed by atoms with Crippen LogP contribution in [0.5, 0.6) is 0 Å². The lowest BCUT2D eigenvalue weighted by Crippen LogP contribution is -1.95.